The third-order valence-corrected chi connectivity index (χ3v) is 8.59. The first-order valence-corrected chi connectivity index (χ1v) is 12.6. The molecule has 0 spiro atoms. The summed E-state index contributed by atoms with van der Waals surface area (Å²) in [5.74, 6) is 6.03. The number of esters is 1. The van der Waals surface area contributed by atoms with E-state index in [4.69, 9.17) is 9.47 Å². The predicted octanol–water partition coefficient (Wildman–Crippen LogP) is 7.21. The molecule has 4 atom stereocenters. The number of carbonyl (C=O) groups excluding carboxylic acids is 1. The van der Waals surface area contributed by atoms with Crippen molar-refractivity contribution in [1.82, 2.24) is 0 Å². The Hall–Kier alpha value is -1.77. The molecule has 0 aromatic heterocycles. The van der Waals surface area contributed by atoms with Crippen LogP contribution in [-0.2, 0) is 4.79 Å². The molecule has 3 aliphatic rings. The molecule has 0 saturated heterocycles. The van der Waals surface area contributed by atoms with Crippen molar-refractivity contribution in [2.75, 3.05) is 7.11 Å². The standard InChI is InChI=1S/C28H40O3/c1-3-4-5-20-6-7-25-19-24(13-12-23(25)18-20)21-8-10-22(11-9-21)28(29)31-27-16-14-26(30-2)15-17-27/h3,14-17,20-25H,1,4-13,18-19H2,2H3. The second-order valence-electron chi connectivity index (χ2n) is 10.3. The van der Waals surface area contributed by atoms with Gasteiger partial charge in [0, 0.05) is 0 Å². The highest BCUT2D eigenvalue weighted by Gasteiger charge is 2.39. The van der Waals surface area contributed by atoms with E-state index in [1.807, 2.05) is 24.3 Å². The zero-order chi connectivity index (χ0) is 21.6. The zero-order valence-electron chi connectivity index (χ0n) is 19.3. The summed E-state index contributed by atoms with van der Waals surface area (Å²) in [4.78, 5) is 12.6. The lowest BCUT2D eigenvalue weighted by Gasteiger charge is -2.45. The number of hydrogen-bond acceptors (Lipinski definition) is 3. The molecule has 3 saturated carbocycles. The maximum atomic E-state index is 12.6. The van der Waals surface area contributed by atoms with E-state index in [1.54, 1.807) is 7.11 Å². The SMILES string of the molecule is C=CCCC1CCC2CC(C3CCC(C(=O)Oc4ccc(OC)cc4)CC3)CCC2C1. The van der Waals surface area contributed by atoms with Crippen LogP contribution in [0.25, 0.3) is 0 Å². The van der Waals surface area contributed by atoms with E-state index in [-0.39, 0.29) is 11.9 Å². The van der Waals surface area contributed by atoms with E-state index in [2.05, 4.69) is 12.7 Å². The predicted molar refractivity (Wildman–Crippen MR) is 125 cm³/mol. The molecule has 0 radical (unpaired) electrons. The maximum Gasteiger partial charge on any atom is 0.314 e. The third kappa shape index (κ3) is 5.73. The van der Waals surface area contributed by atoms with Gasteiger partial charge in [-0.1, -0.05) is 12.5 Å². The number of carbonyl (C=O) groups is 1. The molecule has 0 aliphatic heterocycles. The van der Waals surface area contributed by atoms with Gasteiger partial charge in [0.05, 0.1) is 13.0 Å². The van der Waals surface area contributed by atoms with Crippen molar-refractivity contribution >= 4 is 5.97 Å². The highest BCUT2D eigenvalue weighted by molar-refractivity contribution is 5.75. The van der Waals surface area contributed by atoms with Gasteiger partial charge in [0.25, 0.3) is 0 Å². The van der Waals surface area contributed by atoms with Gasteiger partial charge in [-0.05, 0) is 124 Å². The van der Waals surface area contributed by atoms with Gasteiger partial charge in [0.1, 0.15) is 11.5 Å². The second kappa shape index (κ2) is 10.7. The molecule has 0 heterocycles. The summed E-state index contributed by atoms with van der Waals surface area (Å²) in [5, 5.41) is 0. The van der Waals surface area contributed by atoms with Gasteiger partial charge in [-0.3, -0.25) is 4.79 Å². The molecule has 3 aliphatic carbocycles. The number of benzene rings is 1. The molecule has 3 heteroatoms. The molecule has 31 heavy (non-hydrogen) atoms. The summed E-state index contributed by atoms with van der Waals surface area (Å²) in [6, 6.07) is 7.30. The van der Waals surface area contributed by atoms with Crippen LogP contribution in [0, 0.1) is 35.5 Å². The minimum atomic E-state index is -0.0508. The average Bonchev–Trinajstić information content (AvgIpc) is 2.83. The molecule has 1 aromatic carbocycles. The molecule has 4 unspecified atom stereocenters. The molecule has 4 rings (SSSR count). The van der Waals surface area contributed by atoms with E-state index < -0.39 is 0 Å². The maximum absolute atomic E-state index is 12.6. The first-order chi connectivity index (χ1) is 15.2. The van der Waals surface area contributed by atoms with Crippen molar-refractivity contribution in [1.29, 1.82) is 0 Å². The van der Waals surface area contributed by atoms with Crippen LogP contribution in [0.5, 0.6) is 11.5 Å². The second-order valence-corrected chi connectivity index (χ2v) is 10.3. The number of fused-ring (bicyclic) bond motifs is 1. The molecule has 0 bridgehead atoms. The highest BCUT2D eigenvalue weighted by Crippen LogP contribution is 2.49. The fourth-order valence-electron chi connectivity index (χ4n) is 6.74. The molecular formula is C28H40O3. The number of allylic oxidation sites excluding steroid dienone is 1. The molecule has 1 aromatic rings. The Labute approximate surface area is 188 Å². The molecule has 0 amide bonds. The van der Waals surface area contributed by atoms with Crippen molar-refractivity contribution in [3.63, 3.8) is 0 Å². The van der Waals surface area contributed by atoms with E-state index in [9.17, 15) is 4.79 Å². The summed E-state index contributed by atoms with van der Waals surface area (Å²) in [5.41, 5.74) is 0. The average molecular weight is 425 g/mol. The summed E-state index contributed by atoms with van der Waals surface area (Å²) in [7, 11) is 1.64. The third-order valence-electron chi connectivity index (χ3n) is 8.59. The van der Waals surface area contributed by atoms with Crippen LogP contribution >= 0.6 is 0 Å². The van der Waals surface area contributed by atoms with Crippen molar-refractivity contribution < 1.29 is 14.3 Å². The summed E-state index contributed by atoms with van der Waals surface area (Å²) in [6.07, 6.45) is 17.7. The van der Waals surface area contributed by atoms with Crippen molar-refractivity contribution in [3.05, 3.63) is 36.9 Å². The monoisotopic (exact) mass is 424 g/mol. The lowest BCUT2D eigenvalue weighted by molar-refractivity contribution is -0.140. The van der Waals surface area contributed by atoms with E-state index >= 15 is 0 Å². The van der Waals surface area contributed by atoms with Crippen LogP contribution in [0.2, 0.25) is 0 Å². The summed E-state index contributed by atoms with van der Waals surface area (Å²) in [6.45, 7) is 3.90. The topological polar surface area (TPSA) is 35.5 Å². The molecule has 3 nitrogen and oxygen atoms in total. The van der Waals surface area contributed by atoms with Gasteiger partial charge in [-0.15, -0.1) is 6.58 Å². The number of hydrogen-bond donors (Lipinski definition) is 0. The van der Waals surface area contributed by atoms with Crippen molar-refractivity contribution in [3.8, 4) is 11.5 Å². The van der Waals surface area contributed by atoms with Gasteiger partial charge in [0.2, 0.25) is 0 Å². The van der Waals surface area contributed by atoms with Crippen LogP contribution in [0.15, 0.2) is 36.9 Å². The van der Waals surface area contributed by atoms with Crippen molar-refractivity contribution in [2.24, 2.45) is 35.5 Å². The Morgan fingerprint density at radius 1 is 0.871 bits per heavy atom. The zero-order valence-corrected chi connectivity index (χ0v) is 19.3. The smallest absolute Gasteiger partial charge is 0.314 e. The van der Waals surface area contributed by atoms with Crippen LogP contribution in [0.1, 0.15) is 77.0 Å². The fourth-order valence-corrected chi connectivity index (χ4v) is 6.74. The molecule has 3 fully saturated rings. The quantitative estimate of drug-likeness (QED) is 0.264. The minimum absolute atomic E-state index is 0.0508. The van der Waals surface area contributed by atoms with Gasteiger partial charge < -0.3 is 9.47 Å². The largest absolute Gasteiger partial charge is 0.497 e. The summed E-state index contributed by atoms with van der Waals surface area (Å²) >= 11 is 0. The van der Waals surface area contributed by atoms with E-state index in [0.717, 1.165) is 48.2 Å². The Bertz CT molecular complexity index is 716. The number of methoxy groups -OCH3 is 1. The lowest BCUT2D eigenvalue weighted by atomic mass is 9.60. The van der Waals surface area contributed by atoms with Gasteiger partial charge in [-0.25, -0.2) is 0 Å². The first kappa shape index (κ1) is 22.4. The Balaban J connectivity index is 1.21. The first-order valence-electron chi connectivity index (χ1n) is 12.6. The van der Waals surface area contributed by atoms with Gasteiger partial charge >= 0.3 is 5.97 Å². The van der Waals surface area contributed by atoms with Gasteiger partial charge in [0.15, 0.2) is 0 Å². The molecule has 170 valence electrons. The molecular weight excluding hydrogens is 384 g/mol. The number of ether oxygens (including phenoxy) is 2. The number of rotatable bonds is 7. The Morgan fingerprint density at radius 3 is 2.13 bits per heavy atom. The Kier molecular flexibility index (Phi) is 7.74. The van der Waals surface area contributed by atoms with E-state index in [0.29, 0.717) is 5.75 Å². The van der Waals surface area contributed by atoms with Crippen molar-refractivity contribution in [2.45, 2.75) is 77.0 Å². The Morgan fingerprint density at radius 2 is 1.45 bits per heavy atom. The lowest BCUT2D eigenvalue weighted by Crippen LogP contribution is -2.35. The van der Waals surface area contributed by atoms with Crippen LogP contribution < -0.4 is 9.47 Å². The van der Waals surface area contributed by atoms with Crippen LogP contribution in [0.4, 0.5) is 0 Å². The molecule has 0 N–H and O–H groups in total. The minimum Gasteiger partial charge on any atom is -0.497 e. The normalized spacial score (nSPS) is 33.2. The van der Waals surface area contributed by atoms with Gasteiger partial charge in [-0.2, -0.15) is 0 Å². The fraction of sp³-hybridized carbons (Fsp3) is 0.679. The van der Waals surface area contributed by atoms with E-state index in [1.165, 1.54) is 64.2 Å². The van der Waals surface area contributed by atoms with Crippen LogP contribution in [-0.4, -0.2) is 13.1 Å². The highest BCUT2D eigenvalue weighted by atomic mass is 16.5. The summed E-state index contributed by atoms with van der Waals surface area (Å²) < 4.78 is 10.8. The van der Waals surface area contributed by atoms with Crippen LogP contribution in [0.3, 0.4) is 0 Å².